The molecule has 21 heavy (non-hydrogen) atoms. The van der Waals surface area contributed by atoms with Crippen molar-refractivity contribution in [1.29, 1.82) is 0 Å². The molecule has 2 heteroatoms. The summed E-state index contributed by atoms with van der Waals surface area (Å²) in [4.78, 5) is 2.49. The van der Waals surface area contributed by atoms with Crippen molar-refractivity contribution in [3.63, 3.8) is 0 Å². The Balaban J connectivity index is 1.93. The van der Waals surface area contributed by atoms with Gasteiger partial charge in [-0.15, -0.1) is 5.73 Å². The van der Waals surface area contributed by atoms with E-state index in [1.54, 1.807) is 0 Å². The minimum atomic E-state index is 1.05. The van der Waals surface area contributed by atoms with Crippen LogP contribution in [0.3, 0.4) is 0 Å². The van der Waals surface area contributed by atoms with Crippen LogP contribution >= 0.6 is 0 Å². The Morgan fingerprint density at radius 1 is 0.857 bits per heavy atom. The lowest BCUT2D eigenvalue weighted by molar-refractivity contribution is 0.589. The van der Waals surface area contributed by atoms with Crippen molar-refractivity contribution in [3.05, 3.63) is 59.3 Å². The second-order valence-electron chi connectivity index (χ2n) is 5.52. The molecule has 1 N–H and O–H groups in total. The van der Waals surface area contributed by atoms with Crippen LogP contribution < -0.4 is 10.2 Å². The standard InChI is InChI=1S/C19H18N2/c1-2-9-17-15(5-1)6-3-7-16-8-4-10-18(19(16)17)21-13-11-20-12-14-21/h1-2,4-10,20H,11-14H2. The third kappa shape index (κ3) is 2.19. The van der Waals surface area contributed by atoms with E-state index >= 15 is 0 Å². The van der Waals surface area contributed by atoms with Gasteiger partial charge >= 0.3 is 0 Å². The highest BCUT2D eigenvalue weighted by molar-refractivity contribution is 5.92. The predicted octanol–water partition coefficient (Wildman–Crippen LogP) is 3.40. The van der Waals surface area contributed by atoms with Crippen LogP contribution in [0.4, 0.5) is 5.69 Å². The zero-order valence-corrected chi connectivity index (χ0v) is 12.0. The molecule has 0 bridgehead atoms. The molecule has 2 nitrogen and oxygen atoms in total. The quantitative estimate of drug-likeness (QED) is 0.684. The van der Waals surface area contributed by atoms with E-state index in [-0.39, 0.29) is 0 Å². The Morgan fingerprint density at radius 3 is 2.52 bits per heavy atom. The molecule has 0 spiro atoms. The molecule has 104 valence electrons. The number of benzene rings is 2. The summed E-state index contributed by atoms with van der Waals surface area (Å²) in [7, 11) is 0. The second-order valence-corrected chi connectivity index (χ2v) is 5.52. The zero-order chi connectivity index (χ0) is 14.1. The van der Waals surface area contributed by atoms with E-state index in [1.807, 2.05) is 0 Å². The molecule has 0 saturated carbocycles. The largest absolute Gasteiger partial charge is 0.368 e. The van der Waals surface area contributed by atoms with Crippen LogP contribution in [0.1, 0.15) is 11.1 Å². The van der Waals surface area contributed by atoms with Crippen LogP contribution in [-0.4, -0.2) is 26.2 Å². The molecular formula is C19H18N2. The van der Waals surface area contributed by atoms with Crippen molar-refractivity contribution in [1.82, 2.24) is 5.32 Å². The van der Waals surface area contributed by atoms with Crippen molar-refractivity contribution >= 4 is 17.8 Å². The average molecular weight is 274 g/mol. The second kappa shape index (κ2) is 5.25. The number of hydrogen-bond donors (Lipinski definition) is 1. The van der Waals surface area contributed by atoms with Gasteiger partial charge in [0.15, 0.2) is 0 Å². The highest BCUT2D eigenvalue weighted by atomic mass is 15.2. The number of nitrogens with one attached hydrogen (secondary N) is 1. The molecule has 1 saturated heterocycles. The fraction of sp³-hybridized carbons (Fsp3) is 0.211. The maximum atomic E-state index is 3.43. The summed E-state index contributed by atoms with van der Waals surface area (Å²) in [6, 6.07) is 15.2. The van der Waals surface area contributed by atoms with Crippen LogP contribution in [0.2, 0.25) is 0 Å². The molecule has 0 atom stereocenters. The van der Waals surface area contributed by atoms with E-state index in [0.717, 1.165) is 26.2 Å². The summed E-state index contributed by atoms with van der Waals surface area (Å²) in [6.45, 7) is 4.24. The van der Waals surface area contributed by atoms with Gasteiger partial charge in [0.1, 0.15) is 0 Å². The van der Waals surface area contributed by atoms with Crippen molar-refractivity contribution in [2.45, 2.75) is 0 Å². The van der Waals surface area contributed by atoms with Crippen molar-refractivity contribution in [2.75, 3.05) is 31.1 Å². The molecular weight excluding hydrogens is 256 g/mol. The fourth-order valence-corrected chi connectivity index (χ4v) is 3.21. The van der Waals surface area contributed by atoms with E-state index in [4.69, 9.17) is 0 Å². The summed E-state index contributed by atoms with van der Waals surface area (Å²) in [5.74, 6) is 0. The lowest BCUT2D eigenvalue weighted by Gasteiger charge is -2.32. The maximum Gasteiger partial charge on any atom is 0.0453 e. The fourth-order valence-electron chi connectivity index (χ4n) is 3.21. The van der Waals surface area contributed by atoms with Crippen LogP contribution in [0.5, 0.6) is 0 Å². The molecule has 4 rings (SSSR count). The first-order valence-corrected chi connectivity index (χ1v) is 7.54. The summed E-state index contributed by atoms with van der Waals surface area (Å²) < 4.78 is 0. The van der Waals surface area contributed by atoms with Crippen LogP contribution in [0.15, 0.2) is 48.2 Å². The minimum Gasteiger partial charge on any atom is -0.368 e. The first kappa shape index (κ1) is 12.5. The predicted molar refractivity (Wildman–Crippen MR) is 89.4 cm³/mol. The first-order valence-electron chi connectivity index (χ1n) is 7.54. The van der Waals surface area contributed by atoms with Crippen molar-refractivity contribution in [3.8, 4) is 11.1 Å². The lowest BCUT2D eigenvalue weighted by Crippen LogP contribution is -2.43. The molecule has 2 aliphatic rings. The average Bonchev–Trinajstić information content (AvgIpc) is 2.75. The zero-order valence-electron chi connectivity index (χ0n) is 12.0. The van der Waals surface area contributed by atoms with Crippen molar-refractivity contribution < 1.29 is 0 Å². The number of anilines is 1. The third-order valence-corrected chi connectivity index (χ3v) is 4.24. The van der Waals surface area contributed by atoms with Crippen LogP contribution in [0.25, 0.3) is 23.3 Å². The summed E-state index contributed by atoms with van der Waals surface area (Å²) >= 11 is 0. The number of hydrogen-bond acceptors (Lipinski definition) is 2. The molecule has 1 aliphatic carbocycles. The number of rotatable bonds is 1. The minimum absolute atomic E-state index is 1.05. The lowest BCUT2D eigenvalue weighted by atomic mass is 9.94. The van der Waals surface area contributed by atoms with E-state index in [2.05, 4.69) is 70.6 Å². The van der Waals surface area contributed by atoms with Crippen molar-refractivity contribution in [2.24, 2.45) is 0 Å². The van der Waals surface area contributed by atoms with Gasteiger partial charge in [-0.2, -0.15) is 0 Å². The molecule has 1 heterocycles. The maximum absolute atomic E-state index is 3.43. The smallest absolute Gasteiger partial charge is 0.0453 e. The monoisotopic (exact) mass is 274 g/mol. The Labute approximate surface area is 125 Å². The highest BCUT2D eigenvalue weighted by Crippen LogP contribution is 2.38. The number of fused-ring (bicyclic) bond motifs is 3. The van der Waals surface area contributed by atoms with E-state index in [9.17, 15) is 0 Å². The molecule has 1 fully saturated rings. The Morgan fingerprint density at radius 2 is 1.62 bits per heavy atom. The molecule has 2 aromatic carbocycles. The summed E-state index contributed by atoms with van der Waals surface area (Å²) in [5, 5.41) is 3.43. The Bertz CT molecular complexity index is 733. The summed E-state index contributed by atoms with van der Waals surface area (Å²) in [6.07, 6.45) is 4.18. The summed E-state index contributed by atoms with van der Waals surface area (Å²) in [5.41, 5.74) is 9.81. The van der Waals surface area contributed by atoms with Gasteiger partial charge in [-0.25, -0.2) is 0 Å². The molecule has 2 aromatic rings. The van der Waals surface area contributed by atoms with Gasteiger partial charge in [0.2, 0.25) is 0 Å². The molecule has 0 radical (unpaired) electrons. The van der Waals surface area contributed by atoms with Crippen LogP contribution in [-0.2, 0) is 0 Å². The van der Waals surface area contributed by atoms with Gasteiger partial charge in [0.05, 0.1) is 0 Å². The van der Waals surface area contributed by atoms with Gasteiger partial charge < -0.3 is 10.2 Å². The van der Waals surface area contributed by atoms with E-state index < -0.39 is 0 Å². The third-order valence-electron chi connectivity index (χ3n) is 4.24. The normalized spacial score (nSPS) is 16.3. The topological polar surface area (TPSA) is 15.3 Å². The molecule has 0 aromatic heterocycles. The van der Waals surface area contributed by atoms with E-state index in [1.165, 1.54) is 27.9 Å². The number of piperazine rings is 1. The van der Waals surface area contributed by atoms with E-state index in [0.29, 0.717) is 0 Å². The Kier molecular flexibility index (Phi) is 3.11. The first-order chi connectivity index (χ1) is 10.4. The van der Waals surface area contributed by atoms with Gasteiger partial charge in [0, 0.05) is 37.4 Å². The molecule has 0 unspecified atom stereocenters. The highest BCUT2D eigenvalue weighted by Gasteiger charge is 2.19. The van der Waals surface area contributed by atoms with Crippen LogP contribution in [0, 0.1) is 0 Å². The number of nitrogens with zero attached hydrogens (tertiary/aromatic N) is 1. The van der Waals surface area contributed by atoms with Gasteiger partial charge in [-0.05, 0) is 34.9 Å². The molecule has 1 aliphatic heterocycles. The molecule has 0 amide bonds. The van der Waals surface area contributed by atoms with Gasteiger partial charge in [0.25, 0.3) is 0 Å². The van der Waals surface area contributed by atoms with Gasteiger partial charge in [-0.3, -0.25) is 0 Å². The van der Waals surface area contributed by atoms with Gasteiger partial charge in [-0.1, -0.05) is 36.4 Å². The Hall–Kier alpha value is -2.28. The SMILES string of the molecule is C1=Cc2ccccc2-c2c(cccc2N2CCNCC2)C=1.